The lowest BCUT2D eigenvalue weighted by Crippen LogP contribution is -2.31. The van der Waals surface area contributed by atoms with E-state index >= 15 is 0 Å². The normalized spacial score (nSPS) is 10.5. The summed E-state index contributed by atoms with van der Waals surface area (Å²) in [7, 11) is 1.76. The van der Waals surface area contributed by atoms with Gasteiger partial charge in [-0.15, -0.1) is 0 Å². The Balaban J connectivity index is 1.53. The SMILES string of the molecule is Cc1ccccc1CN(C)C(=O)COc1ccc(C(=O)Nn2c(C)ccc2C)cc1. The van der Waals surface area contributed by atoms with Crippen LogP contribution in [0.25, 0.3) is 0 Å². The summed E-state index contributed by atoms with van der Waals surface area (Å²) in [6.07, 6.45) is 0. The Kier molecular flexibility index (Phi) is 6.57. The fourth-order valence-electron chi connectivity index (χ4n) is 3.10. The van der Waals surface area contributed by atoms with Gasteiger partial charge in [0.1, 0.15) is 5.75 Å². The smallest absolute Gasteiger partial charge is 0.270 e. The van der Waals surface area contributed by atoms with Crippen molar-refractivity contribution >= 4 is 11.8 Å². The van der Waals surface area contributed by atoms with Gasteiger partial charge in [0, 0.05) is 30.5 Å². The second-order valence-corrected chi connectivity index (χ2v) is 7.38. The number of amides is 2. The maximum absolute atomic E-state index is 12.5. The average molecular weight is 405 g/mol. The molecular weight excluding hydrogens is 378 g/mol. The number of carbonyl (C=O) groups excluding carboxylic acids is 2. The van der Waals surface area contributed by atoms with E-state index in [0.29, 0.717) is 17.9 Å². The Labute approximate surface area is 177 Å². The highest BCUT2D eigenvalue weighted by Crippen LogP contribution is 2.14. The molecule has 0 unspecified atom stereocenters. The Morgan fingerprint density at radius 3 is 2.20 bits per heavy atom. The molecule has 6 heteroatoms. The first-order chi connectivity index (χ1) is 14.3. The molecule has 0 aliphatic heterocycles. The van der Waals surface area contributed by atoms with Crippen LogP contribution in [-0.2, 0) is 11.3 Å². The summed E-state index contributed by atoms with van der Waals surface area (Å²) in [6, 6.07) is 18.6. The van der Waals surface area contributed by atoms with Crippen LogP contribution in [0.5, 0.6) is 5.75 Å². The van der Waals surface area contributed by atoms with Gasteiger partial charge in [0.2, 0.25) is 0 Å². The fourth-order valence-corrected chi connectivity index (χ4v) is 3.10. The third kappa shape index (κ3) is 5.08. The molecule has 0 aliphatic carbocycles. The topological polar surface area (TPSA) is 63.6 Å². The van der Waals surface area contributed by atoms with E-state index in [1.165, 1.54) is 0 Å². The van der Waals surface area contributed by atoms with Gasteiger partial charge in [-0.1, -0.05) is 24.3 Å². The number of benzene rings is 2. The standard InChI is InChI=1S/C24H27N3O3/c1-17-7-5-6-8-21(17)15-26(4)23(28)16-30-22-13-11-20(12-14-22)24(29)25-27-18(2)9-10-19(27)3/h5-14H,15-16H2,1-4H3,(H,25,29). The third-order valence-corrected chi connectivity index (χ3v) is 5.06. The van der Waals surface area contributed by atoms with Gasteiger partial charge in [-0.3, -0.25) is 19.7 Å². The number of likely N-dealkylation sites (N-methyl/N-ethyl adjacent to an activating group) is 1. The van der Waals surface area contributed by atoms with Gasteiger partial charge in [0.05, 0.1) is 0 Å². The van der Waals surface area contributed by atoms with E-state index in [1.54, 1.807) is 40.9 Å². The molecule has 30 heavy (non-hydrogen) atoms. The molecule has 0 saturated carbocycles. The van der Waals surface area contributed by atoms with Crippen LogP contribution in [-0.4, -0.2) is 35.0 Å². The molecule has 1 aromatic heterocycles. The summed E-state index contributed by atoms with van der Waals surface area (Å²) >= 11 is 0. The van der Waals surface area contributed by atoms with Crippen LogP contribution in [0, 0.1) is 20.8 Å². The van der Waals surface area contributed by atoms with Gasteiger partial charge in [0.15, 0.2) is 6.61 Å². The van der Waals surface area contributed by atoms with Crippen LogP contribution < -0.4 is 10.2 Å². The van der Waals surface area contributed by atoms with Gasteiger partial charge in [-0.25, -0.2) is 0 Å². The maximum Gasteiger partial charge on any atom is 0.270 e. The molecule has 0 bridgehead atoms. The molecule has 1 heterocycles. The van der Waals surface area contributed by atoms with Gasteiger partial charge in [-0.05, 0) is 68.3 Å². The zero-order valence-electron chi connectivity index (χ0n) is 17.8. The number of ether oxygens (including phenoxy) is 1. The Morgan fingerprint density at radius 2 is 1.57 bits per heavy atom. The van der Waals surface area contributed by atoms with E-state index in [0.717, 1.165) is 22.5 Å². The van der Waals surface area contributed by atoms with Crippen LogP contribution in [0.2, 0.25) is 0 Å². The number of aromatic nitrogens is 1. The highest BCUT2D eigenvalue weighted by molar-refractivity contribution is 6.00. The first-order valence-electron chi connectivity index (χ1n) is 9.83. The highest BCUT2D eigenvalue weighted by Gasteiger charge is 2.12. The van der Waals surface area contributed by atoms with Gasteiger partial charge in [0.25, 0.3) is 11.8 Å². The van der Waals surface area contributed by atoms with Crippen molar-refractivity contribution in [1.29, 1.82) is 0 Å². The quantitative estimate of drug-likeness (QED) is 0.650. The third-order valence-electron chi connectivity index (χ3n) is 5.06. The first kappa shape index (κ1) is 21.2. The predicted molar refractivity (Wildman–Crippen MR) is 117 cm³/mol. The van der Waals surface area contributed by atoms with Crippen LogP contribution >= 0.6 is 0 Å². The van der Waals surface area contributed by atoms with E-state index in [4.69, 9.17) is 4.74 Å². The van der Waals surface area contributed by atoms with Crippen molar-refractivity contribution in [2.45, 2.75) is 27.3 Å². The number of hydrogen-bond acceptors (Lipinski definition) is 3. The van der Waals surface area contributed by atoms with E-state index in [2.05, 4.69) is 5.43 Å². The summed E-state index contributed by atoms with van der Waals surface area (Å²) in [5, 5.41) is 0. The van der Waals surface area contributed by atoms with Crippen molar-refractivity contribution in [3.63, 3.8) is 0 Å². The molecular formula is C24H27N3O3. The van der Waals surface area contributed by atoms with Crippen molar-refractivity contribution < 1.29 is 14.3 Å². The molecule has 0 fully saturated rings. The minimum absolute atomic E-state index is 0.0598. The van der Waals surface area contributed by atoms with Gasteiger partial charge >= 0.3 is 0 Å². The zero-order valence-corrected chi connectivity index (χ0v) is 17.8. The summed E-state index contributed by atoms with van der Waals surface area (Å²) in [6.45, 7) is 6.36. The van der Waals surface area contributed by atoms with Gasteiger partial charge in [-0.2, -0.15) is 0 Å². The van der Waals surface area contributed by atoms with Crippen molar-refractivity contribution in [1.82, 2.24) is 9.58 Å². The Hall–Kier alpha value is -3.54. The largest absolute Gasteiger partial charge is 0.484 e. The van der Waals surface area contributed by atoms with Crippen molar-refractivity contribution in [3.8, 4) is 5.75 Å². The minimum atomic E-state index is -0.210. The molecule has 0 spiro atoms. The summed E-state index contributed by atoms with van der Waals surface area (Å²) in [5.41, 5.74) is 7.54. The highest BCUT2D eigenvalue weighted by atomic mass is 16.5. The minimum Gasteiger partial charge on any atom is -0.484 e. The maximum atomic E-state index is 12.5. The van der Waals surface area contributed by atoms with E-state index < -0.39 is 0 Å². The fraction of sp³-hybridized carbons (Fsp3) is 0.250. The zero-order chi connectivity index (χ0) is 21.7. The molecule has 0 saturated heterocycles. The van der Waals surface area contributed by atoms with E-state index in [-0.39, 0.29) is 18.4 Å². The summed E-state index contributed by atoms with van der Waals surface area (Å²) in [4.78, 5) is 26.5. The summed E-state index contributed by atoms with van der Waals surface area (Å²) < 4.78 is 7.35. The second-order valence-electron chi connectivity index (χ2n) is 7.38. The predicted octanol–water partition coefficient (Wildman–Crippen LogP) is 3.83. The second kappa shape index (κ2) is 9.31. The number of rotatable bonds is 7. The lowest BCUT2D eigenvalue weighted by Gasteiger charge is -2.19. The van der Waals surface area contributed by atoms with Crippen LogP contribution in [0.3, 0.4) is 0 Å². The number of nitrogens with zero attached hydrogens (tertiary/aromatic N) is 2. The van der Waals surface area contributed by atoms with Crippen molar-refractivity contribution in [2.75, 3.05) is 19.1 Å². The molecule has 0 radical (unpaired) electrons. The molecule has 0 aliphatic rings. The number of aryl methyl sites for hydroxylation is 3. The summed E-state index contributed by atoms with van der Waals surface area (Å²) in [5.74, 6) is 0.217. The molecule has 3 aromatic rings. The molecule has 3 rings (SSSR count). The van der Waals surface area contributed by atoms with E-state index in [9.17, 15) is 9.59 Å². The molecule has 1 N–H and O–H groups in total. The van der Waals surface area contributed by atoms with Crippen LogP contribution in [0.1, 0.15) is 32.9 Å². The van der Waals surface area contributed by atoms with Crippen molar-refractivity contribution in [3.05, 3.63) is 88.7 Å². The monoisotopic (exact) mass is 405 g/mol. The number of hydrogen-bond donors (Lipinski definition) is 1. The van der Waals surface area contributed by atoms with Crippen LogP contribution in [0.4, 0.5) is 0 Å². The lowest BCUT2D eigenvalue weighted by molar-refractivity contribution is -0.132. The van der Waals surface area contributed by atoms with Crippen LogP contribution in [0.15, 0.2) is 60.7 Å². The van der Waals surface area contributed by atoms with Gasteiger partial charge < -0.3 is 9.64 Å². The molecule has 6 nitrogen and oxygen atoms in total. The van der Waals surface area contributed by atoms with Crippen molar-refractivity contribution in [2.24, 2.45) is 0 Å². The lowest BCUT2D eigenvalue weighted by atomic mass is 10.1. The Bertz CT molecular complexity index is 1020. The van der Waals surface area contributed by atoms with E-state index in [1.807, 2.05) is 57.2 Å². The number of nitrogens with one attached hydrogen (secondary N) is 1. The molecule has 156 valence electrons. The Morgan fingerprint density at radius 1 is 0.933 bits per heavy atom. The molecule has 0 atom stereocenters. The number of carbonyl (C=O) groups is 2. The average Bonchev–Trinajstić information content (AvgIpc) is 3.06. The molecule has 2 aromatic carbocycles. The first-order valence-corrected chi connectivity index (χ1v) is 9.83. The molecule has 2 amide bonds.